The molecule has 0 unspecified atom stereocenters. The zero-order valence-electron chi connectivity index (χ0n) is 12.6. The topological polar surface area (TPSA) is 72.2 Å². The molecule has 0 bridgehead atoms. The Morgan fingerprint density at radius 3 is 2.57 bits per heavy atom. The summed E-state index contributed by atoms with van der Waals surface area (Å²) < 4.78 is 22.5. The van der Waals surface area contributed by atoms with Crippen LogP contribution in [0, 0.1) is 0 Å². The Morgan fingerprint density at radius 2 is 2.00 bits per heavy atom. The van der Waals surface area contributed by atoms with E-state index in [1.807, 2.05) is 23.9 Å². The van der Waals surface area contributed by atoms with Crippen molar-refractivity contribution in [2.45, 2.75) is 55.3 Å². The molecule has 1 aliphatic carbocycles. The Morgan fingerprint density at radius 1 is 1.33 bits per heavy atom. The summed E-state index contributed by atoms with van der Waals surface area (Å²) in [5.74, 6) is 1.18. The van der Waals surface area contributed by atoms with Gasteiger partial charge in [0.1, 0.15) is 0 Å². The normalized spacial score (nSPS) is 24.1. The number of nitrogens with two attached hydrogens (primary N) is 1. The molecule has 2 rings (SSSR count). The number of thioether (sulfide) groups is 1. The van der Waals surface area contributed by atoms with Crippen molar-refractivity contribution in [3.05, 3.63) is 29.8 Å². The first-order valence-corrected chi connectivity index (χ1v) is 10.00. The van der Waals surface area contributed by atoms with Crippen molar-refractivity contribution in [2.24, 2.45) is 5.14 Å². The molecule has 3 N–H and O–H groups in total. The molecule has 1 aromatic carbocycles. The third-order valence-electron chi connectivity index (χ3n) is 3.98. The van der Waals surface area contributed by atoms with Gasteiger partial charge in [-0.3, -0.25) is 0 Å². The first-order chi connectivity index (χ1) is 9.90. The molecular weight excluding hydrogens is 304 g/mol. The summed E-state index contributed by atoms with van der Waals surface area (Å²) in [6.07, 6.45) is 3.72. The van der Waals surface area contributed by atoms with Gasteiger partial charge in [0, 0.05) is 17.3 Å². The van der Waals surface area contributed by atoms with Crippen molar-refractivity contribution in [1.29, 1.82) is 0 Å². The largest absolute Gasteiger partial charge is 0.307 e. The summed E-state index contributed by atoms with van der Waals surface area (Å²) in [7, 11) is -3.60. The van der Waals surface area contributed by atoms with Gasteiger partial charge in [0.15, 0.2) is 0 Å². The van der Waals surface area contributed by atoms with Crippen molar-refractivity contribution in [3.63, 3.8) is 0 Å². The summed E-state index contributed by atoms with van der Waals surface area (Å²) in [6, 6.07) is 7.60. The summed E-state index contributed by atoms with van der Waals surface area (Å²) in [5, 5.41) is 9.54. The van der Waals surface area contributed by atoms with Gasteiger partial charge in [-0.05, 0) is 49.6 Å². The number of nitrogens with one attached hydrogen (secondary N) is 1. The summed E-state index contributed by atoms with van der Waals surface area (Å²) in [4.78, 5) is 0.165. The van der Waals surface area contributed by atoms with Gasteiger partial charge >= 0.3 is 0 Å². The highest BCUT2D eigenvalue weighted by atomic mass is 32.2. The molecule has 1 aliphatic rings. The zero-order chi connectivity index (χ0) is 15.5. The van der Waals surface area contributed by atoms with Crippen LogP contribution < -0.4 is 10.5 Å². The summed E-state index contributed by atoms with van der Waals surface area (Å²) in [5.41, 5.74) is 1.09. The Labute approximate surface area is 131 Å². The lowest BCUT2D eigenvalue weighted by Gasteiger charge is -2.20. The summed E-state index contributed by atoms with van der Waals surface area (Å²) in [6.45, 7) is 4.33. The fourth-order valence-corrected chi connectivity index (χ4v) is 4.53. The van der Waals surface area contributed by atoms with Crippen molar-refractivity contribution in [2.75, 3.05) is 5.75 Å². The highest BCUT2D eigenvalue weighted by Gasteiger charge is 2.25. The molecule has 0 amide bonds. The minimum absolute atomic E-state index is 0.165. The van der Waals surface area contributed by atoms with Crippen molar-refractivity contribution in [1.82, 2.24) is 5.32 Å². The fraction of sp³-hybridized carbons (Fsp3) is 0.600. The lowest BCUT2D eigenvalue weighted by molar-refractivity contribution is 0.462. The van der Waals surface area contributed by atoms with E-state index in [2.05, 4.69) is 19.2 Å². The SMILES string of the molecule is CCS[C@@H]1CC[C@H](N[C@H](C)c2ccc(S(N)(=O)=O)cc2)C1. The molecule has 0 spiro atoms. The van der Waals surface area contributed by atoms with E-state index >= 15 is 0 Å². The fourth-order valence-electron chi connectivity index (χ4n) is 2.87. The molecule has 1 aromatic rings. The predicted octanol–water partition coefficient (Wildman–Crippen LogP) is 2.66. The van der Waals surface area contributed by atoms with Crippen LogP contribution in [0.1, 0.15) is 44.7 Å². The van der Waals surface area contributed by atoms with E-state index in [4.69, 9.17) is 5.14 Å². The second kappa shape index (κ2) is 7.13. The molecule has 0 aliphatic heterocycles. The molecule has 1 saturated carbocycles. The van der Waals surface area contributed by atoms with Crippen molar-refractivity contribution < 1.29 is 8.42 Å². The molecule has 3 atom stereocenters. The molecule has 1 fully saturated rings. The van der Waals surface area contributed by atoms with Crippen LogP contribution in [0.5, 0.6) is 0 Å². The number of hydrogen-bond acceptors (Lipinski definition) is 4. The number of sulfonamides is 1. The number of rotatable bonds is 6. The van der Waals surface area contributed by atoms with Gasteiger partial charge in [-0.1, -0.05) is 19.1 Å². The predicted molar refractivity (Wildman–Crippen MR) is 88.9 cm³/mol. The lowest BCUT2D eigenvalue weighted by atomic mass is 10.1. The van der Waals surface area contributed by atoms with Crippen LogP contribution >= 0.6 is 11.8 Å². The molecule has 21 heavy (non-hydrogen) atoms. The monoisotopic (exact) mass is 328 g/mol. The third-order valence-corrected chi connectivity index (χ3v) is 6.14. The first kappa shape index (κ1) is 16.8. The van der Waals surface area contributed by atoms with Gasteiger partial charge in [0.05, 0.1) is 4.90 Å². The van der Waals surface area contributed by atoms with E-state index in [0.717, 1.165) is 10.8 Å². The second-order valence-corrected chi connectivity index (χ2v) is 8.73. The molecule has 6 heteroatoms. The minimum Gasteiger partial charge on any atom is -0.307 e. The summed E-state index contributed by atoms with van der Waals surface area (Å²) >= 11 is 2.05. The van der Waals surface area contributed by atoms with E-state index in [0.29, 0.717) is 6.04 Å². The van der Waals surface area contributed by atoms with Crippen LogP contribution in [-0.4, -0.2) is 25.5 Å². The van der Waals surface area contributed by atoms with Gasteiger partial charge < -0.3 is 5.32 Å². The van der Waals surface area contributed by atoms with E-state index < -0.39 is 10.0 Å². The smallest absolute Gasteiger partial charge is 0.238 e. The average molecular weight is 329 g/mol. The number of hydrogen-bond donors (Lipinski definition) is 2. The van der Waals surface area contributed by atoms with Gasteiger partial charge in [0.2, 0.25) is 10.0 Å². The maximum atomic E-state index is 11.3. The molecule has 118 valence electrons. The lowest BCUT2D eigenvalue weighted by Crippen LogP contribution is -2.29. The Balaban J connectivity index is 1.93. The van der Waals surface area contributed by atoms with Crippen LogP contribution in [0.15, 0.2) is 29.2 Å². The van der Waals surface area contributed by atoms with E-state index in [-0.39, 0.29) is 10.9 Å². The number of primary sulfonamides is 1. The molecule has 0 heterocycles. The van der Waals surface area contributed by atoms with E-state index in [1.165, 1.54) is 25.0 Å². The highest BCUT2D eigenvalue weighted by molar-refractivity contribution is 7.99. The van der Waals surface area contributed by atoms with Crippen LogP contribution in [0.4, 0.5) is 0 Å². The standard InChI is InChI=1S/C15H24N2O2S2/c1-3-20-14-7-6-13(10-14)17-11(2)12-4-8-15(9-5-12)21(16,18)19/h4-5,8-9,11,13-14,17H,3,6-7,10H2,1-2H3,(H2,16,18,19)/t11-,13+,14-/m1/s1. The Bertz CT molecular complexity index is 558. The third kappa shape index (κ3) is 4.71. The second-order valence-electron chi connectivity index (χ2n) is 5.59. The maximum Gasteiger partial charge on any atom is 0.238 e. The van der Waals surface area contributed by atoms with Crippen LogP contribution in [0.2, 0.25) is 0 Å². The minimum atomic E-state index is -3.60. The Hall–Kier alpha value is -0.560. The maximum absolute atomic E-state index is 11.3. The van der Waals surface area contributed by atoms with Crippen LogP contribution in [-0.2, 0) is 10.0 Å². The Kier molecular flexibility index (Phi) is 5.71. The average Bonchev–Trinajstić information content (AvgIpc) is 2.86. The quantitative estimate of drug-likeness (QED) is 0.842. The van der Waals surface area contributed by atoms with Crippen LogP contribution in [0.3, 0.4) is 0 Å². The first-order valence-electron chi connectivity index (χ1n) is 7.40. The van der Waals surface area contributed by atoms with E-state index in [9.17, 15) is 8.42 Å². The van der Waals surface area contributed by atoms with E-state index in [1.54, 1.807) is 12.1 Å². The van der Waals surface area contributed by atoms with Crippen LogP contribution in [0.25, 0.3) is 0 Å². The molecule has 0 aromatic heterocycles. The van der Waals surface area contributed by atoms with Gasteiger partial charge in [-0.15, -0.1) is 0 Å². The molecule has 4 nitrogen and oxygen atoms in total. The molecular formula is C15H24N2O2S2. The molecule has 0 radical (unpaired) electrons. The highest BCUT2D eigenvalue weighted by Crippen LogP contribution is 2.31. The van der Waals surface area contributed by atoms with Crippen molar-refractivity contribution in [3.8, 4) is 0 Å². The zero-order valence-corrected chi connectivity index (χ0v) is 14.2. The number of benzene rings is 1. The van der Waals surface area contributed by atoms with Gasteiger partial charge in [-0.2, -0.15) is 11.8 Å². The van der Waals surface area contributed by atoms with Gasteiger partial charge in [0.25, 0.3) is 0 Å². The van der Waals surface area contributed by atoms with Gasteiger partial charge in [-0.25, -0.2) is 13.6 Å². The molecule has 0 saturated heterocycles. The van der Waals surface area contributed by atoms with Crippen molar-refractivity contribution >= 4 is 21.8 Å².